The lowest BCUT2D eigenvalue weighted by Gasteiger charge is -2.19. The highest BCUT2D eigenvalue weighted by atomic mass is 16.2. The van der Waals surface area contributed by atoms with Gasteiger partial charge in [-0.2, -0.15) is 0 Å². The molecule has 1 rings (SSSR count). The van der Waals surface area contributed by atoms with Crippen LogP contribution in [0.4, 0.5) is 10.5 Å². The molecule has 0 saturated heterocycles. The number of hydrogen-bond acceptors (Lipinski definition) is 2. The summed E-state index contributed by atoms with van der Waals surface area (Å²) >= 11 is 0. The Kier molecular flexibility index (Phi) is 6.03. The summed E-state index contributed by atoms with van der Waals surface area (Å²) in [5, 5.41) is 8.04. The molecule has 110 valence electrons. The number of urea groups is 1. The van der Waals surface area contributed by atoms with Crippen molar-refractivity contribution in [2.75, 3.05) is 18.4 Å². The van der Waals surface area contributed by atoms with Gasteiger partial charge in [-0.3, -0.25) is 4.79 Å². The monoisotopic (exact) mass is 277 g/mol. The van der Waals surface area contributed by atoms with Gasteiger partial charge in [-0.1, -0.05) is 32.9 Å². The minimum Gasteiger partial charge on any atom is -0.359 e. The zero-order valence-electron chi connectivity index (χ0n) is 12.3. The third-order valence-corrected chi connectivity index (χ3v) is 2.88. The van der Waals surface area contributed by atoms with Crippen LogP contribution in [-0.4, -0.2) is 25.5 Å². The van der Waals surface area contributed by atoms with Crippen molar-refractivity contribution in [2.45, 2.75) is 32.6 Å². The van der Waals surface area contributed by atoms with E-state index in [0.717, 1.165) is 5.69 Å². The lowest BCUT2D eigenvalue weighted by atomic mass is 9.87. The fourth-order valence-electron chi connectivity index (χ4n) is 1.68. The Morgan fingerprint density at radius 2 is 1.80 bits per heavy atom. The zero-order chi connectivity index (χ0) is 15.0. The van der Waals surface area contributed by atoms with Gasteiger partial charge in [0.1, 0.15) is 0 Å². The third kappa shape index (κ3) is 5.73. The number of hydrogen-bond donors (Lipinski definition) is 3. The van der Waals surface area contributed by atoms with Gasteiger partial charge in [0.2, 0.25) is 6.41 Å². The second-order valence-electron chi connectivity index (χ2n) is 5.63. The van der Waals surface area contributed by atoms with E-state index in [-0.39, 0.29) is 11.4 Å². The van der Waals surface area contributed by atoms with Crippen molar-refractivity contribution >= 4 is 18.1 Å². The first-order valence-electron chi connectivity index (χ1n) is 6.76. The Bertz CT molecular complexity index is 435. The van der Waals surface area contributed by atoms with Crippen LogP contribution in [0.5, 0.6) is 0 Å². The van der Waals surface area contributed by atoms with E-state index in [1.165, 1.54) is 5.56 Å². The van der Waals surface area contributed by atoms with Gasteiger partial charge in [-0.15, -0.1) is 0 Å². The SMILES string of the molecule is CC(C)(C)c1ccc(NC(=O)NCCCNC=O)cc1. The highest BCUT2D eigenvalue weighted by Crippen LogP contribution is 2.23. The quantitative estimate of drug-likeness (QED) is 0.551. The number of nitrogens with one attached hydrogen (secondary N) is 3. The molecule has 5 nitrogen and oxygen atoms in total. The number of carbonyl (C=O) groups is 2. The summed E-state index contributed by atoms with van der Waals surface area (Å²) in [4.78, 5) is 21.6. The van der Waals surface area contributed by atoms with E-state index in [1.807, 2.05) is 24.3 Å². The van der Waals surface area contributed by atoms with Gasteiger partial charge in [-0.05, 0) is 29.5 Å². The van der Waals surface area contributed by atoms with Crippen molar-refractivity contribution in [2.24, 2.45) is 0 Å². The summed E-state index contributed by atoms with van der Waals surface area (Å²) in [6, 6.07) is 7.59. The number of benzene rings is 1. The molecular formula is C15H23N3O2. The molecule has 0 aromatic heterocycles. The second kappa shape index (κ2) is 7.53. The predicted molar refractivity (Wildman–Crippen MR) is 80.8 cm³/mol. The molecule has 0 fully saturated rings. The molecule has 3 amide bonds. The lowest BCUT2D eigenvalue weighted by Crippen LogP contribution is -2.31. The van der Waals surface area contributed by atoms with Crippen LogP contribution in [-0.2, 0) is 10.2 Å². The molecule has 0 heterocycles. The van der Waals surface area contributed by atoms with E-state index in [9.17, 15) is 9.59 Å². The average molecular weight is 277 g/mol. The number of carbonyl (C=O) groups excluding carboxylic acids is 2. The molecule has 0 unspecified atom stereocenters. The van der Waals surface area contributed by atoms with Crippen LogP contribution in [0.1, 0.15) is 32.8 Å². The fraction of sp³-hybridized carbons (Fsp3) is 0.467. The van der Waals surface area contributed by atoms with Gasteiger partial charge in [0, 0.05) is 18.8 Å². The zero-order valence-corrected chi connectivity index (χ0v) is 12.3. The first kappa shape index (κ1) is 16.0. The van der Waals surface area contributed by atoms with Crippen LogP contribution in [0.15, 0.2) is 24.3 Å². The second-order valence-corrected chi connectivity index (χ2v) is 5.63. The highest BCUT2D eigenvalue weighted by molar-refractivity contribution is 5.89. The van der Waals surface area contributed by atoms with Crippen LogP contribution >= 0.6 is 0 Å². The Labute approximate surface area is 120 Å². The summed E-state index contributed by atoms with van der Waals surface area (Å²) in [6.07, 6.45) is 1.35. The molecule has 1 aromatic carbocycles. The third-order valence-electron chi connectivity index (χ3n) is 2.88. The molecule has 0 aliphatic rings. The summed E-state index contributed by atoms with van der Waals surface area (Å²) in [7, 11) is 0. The lowest BCUT2D eigenvalue weighted by molar-refractivity contribution is -0.109. The molecular weight excluding hydrogens is 254 g/mol. The van der Waals surface area contributed by atoms with Gasteiger partial charge in [0.05, 0.1) is 0 Å². The predicted octanol–water partition coefficient (Wildman–Crippen LogP) is 2.24. The van der Waals surface area contributed by atoms with Crippen molar-refractivity contribution in [1.29, 1.82) is 0 Å². The van der Waals surface area contributed by atoms with Crippen molar-refractivity contribution in [3.63, 3.8) is 0 Å². The summed E-state index contributed by atoms with van der Waals surface area (Å²) in [5.41, 5.74) is 2.09. The Hall–Kier alpha value is -2.04. The summed E-state index contributed by atoms with van der Waals surface area (Å²) < 4.78 is 0. The fourth-order valence-corrected chi connectivity index (χ4v) is 1.68. The van der Waals surface area contributed by atoms with Gasteiger partial charge in [-0.25, -0.2) is 4.79 Å². The topological polar surface area (TPSA) is 70.2 Å². The molecule has 3 N–H and O–H groups in total. The molecule has 0 aliphatic heterocycles. The molecule has 1 aromatic rings. The average Bonchev–Trinajstić information content (AvgIpc) is 2.38. The van der Waals surface area contributed by atoms with E-state index < -0.39 is 0 Å². The van der Waals surface area contributed by atoms with Crippen molar-refractivity contribution < 1.29 is 9.59 Å². The van der Waals surface area contributed by atoms with E-state index in [0.29, 0.717) is 25.9 Å². The van der Waals surface area contributed by atoms with Crippen LogP contribution in [0.3, 0.4) is 0 Å². The standard InChI is InChI=1S/C15H23N3O2/c1-15(2,3)12-5-7-13(8-6-12)18-14(20)17-10-4-9-16-11-19/h5-8,11H,4,9-10H2,1-3H3,(H,16,19)(H2,17,18,20). The minimum atomic E-state index is -0.236. The normalized spacial score (nSPS) is 10.8. The maximum absolute atomic E-state index is 11.6. The minimum absolute atomic E-state index is 0.104. The smallest absolute Gasteiger partial charge is 0.319 e. The van der Waals surface area contributed by atoms with Crippen molar-refractivity contribution in [1.82, 2.24) is 10.6 Å². The Morgan fingerprint density at radius 3 is 2.35 bits per heavy atom. The number of anilines is 1. The van der Waals surface area contributed by atoms with E-state index in [4.69, 9.17) is 0 Å². The van der Waals surface area contributed by atoms with E-state index in [2.05, 4.69) is 36.7 Å². The largest absolute Gasteiger partial charge is 0.359 e. The maximum atomic E-state index is 11.6. The van der Waals surface area contributed by atoms with Gasteiger partial charge < -0.3 is 16.0 Å². The Morgan fingerprint density at radius 1 is 1.15 bits per heavy atom. The first-order valence-corrected chi connectivity index (χ1v) is 6.76. The van der Waals surface area contributed by atoms with Crippen molar-refractivity contribution in [3.05, 3.63) is 29.8 Å². The molecule has 0 bridgehead atoms. The van der Waals surface area contributed by atoms with Gasteiger partial charge in [0.15, 0.2) is 0 Å². The number of amides is 3. The maximum Gasteiger partial charge on any atom is 0.319 e. The number of rotatable bonds is 6. The van der Waals surface area contributed by atoms with Crippen molar-refractivity contribution in [3.8, 4) is 0 Å². The molecule has 5 heteroatoms. The summed E-state index contributed by atoms with van der Waals surface area (Å²) in [6.45, 7) is 7.53. The van der Waals surface area contributed by atoms with E-state index >= 15 is 0 Å². The van der Waals surface area contributed by atoms with Crippen LogP contribution in [0.2, 0.25) is 0 Å². The molecule has 20 heavy (non-hydrogen) atoms. The molecule has 0 spiro atoms. The van der Waals surface area contributed by atoms with Crippen LogP contribution in [0, 0.1) is 0 Å². The summed E-state index contributed by atoms with van der Waals surface area (Å²) in [5.74, 6) is 0. The van der Waals surface area contributed by atoms with Gasteiger partial charge in [0.25, 0.3) is 0 Å². The molecule has 0 aliphatic carbocycles. The molecule has 0 saturated carbocycles. The van der Waals surface area contributed by atoms with Gasteiger partial charge >= 0.3 is 6.03 Å². The highest BCUT2D eigenvalue weighted by Gasteiger charge is 2.13. The van der Waals surface area contributed by atoms with Crippen LogP contribution in [0.25, 0.3) is 0 Å². The van der Waals surface area contributed by atoms with Crippen LogP contribution < -0.4 is 16.0 Å². The first-order chi connectivity index (χ1) is 9.43. The Balaban J connectivity index is 2.37. The van der Waals surface area contributed by atoms with E-state index in [1.54, 1.807) is 0 Å². The molecule has 0 radical (unpaired) electrons. The molecule has 0 atom stereocenters.